The number of likely N-dealkylation sites (tertiary alicyclic amines) is 1. The molecule has 0 unspecified atom stereocenters. The van der Waals surface area contributed by atoms with Gasteiger partial charge < -0.3 is 14.3 Å². The standard InChI is InChI=1S/C21H24N4O3/c1-14-19(24-21(28-14)15-3-5-18(27-2)6-4-15)12-25-11-16(20(26)13-25)9-17-10-22-7-8-23-17/h3-8,10,16,20,26H,9,11-13H2,1-2H3/t16-,20-/m1/s1. The van der Waals surface area contributed by atoms with Gasteiger partial charge in [0.05, 0.1) is 24.6 Å². The molecular formula is C21H24N4O3. The van der Waals surface area contributed by atoms with E-state index < -0.39 is 0 Å². The van der Waals surface area contributed by atoms with Crippen molar-refractivity contribution in [3.63, 3.8) is 0 Å². The van der Waals surface area contributed by atoms with Gasteiger partial charge in [-0.05, 0) is 37.6 Å². The highest BCUT2D eigenvalue weighted by molar-refractivity contribution is 5.55. The molecule has 146 valence electrons. The van der Waals surface area contributed by atoms with Gasteiger partial charge in [0, 0.05) is 49.7 Å². The lowest BCUT2D eigenvalue weighted by Gasteiger charge is -2.14. The lowest BCUT2D eigenvalue weighted by atomic mass is 10.0. The van der Waals surface area contributed by atoms with Crippen LogP contribution in [0.4, 0.5) is 0 Å². The van der Waals surface area contributed by atoms with Gasteiger partial charge in [-0.15, -0.1) is 0 Å². The number of hydrogen-bond acceptors (Lipinski definition) is 7. The third kappa shape index (κ3) is 4.05. The Kier molecular flexibility index (Phi) is 5.36. The number of aryl methyl sites for hydroxylation is 1. The van der Waals surface area contributed by atoms with Crippen LogP contribution < -0.4 is 4.74 Å². The first-order chi connectivity index (χ1) is 13.6. The number of methoxy groups -OCH3 is 1. The molecule has 4 rings (SSSR count). The number of benzene rings is 1. The van der Waals surface area contributed by atoms with Gasteiger partial charge in [-0.25, -0.2) is 4.98 Å². The quantitative estimate of drug-likeness (QED) is 0.703. The Morgan fingerprint density at radius 2 is 2.04 bits per heavy atom. The van der Waals surface area contributed by atoms with Crippen LogP contribution in [-0.4, -0.2) is 51.3 Å². The molecule has 3 aromatic rings. The lowest BCUT2D eigenvalue weighted by Crippen LogP contribution is -2.22. The molecule has 28 heavy (non-hydrogen) atoms. The molecule has 0 radical (unpaired) electrons. The molecule has 1 aliphatic rings. The zero-order chi connectivity index (χ0) is 19.5. The van der Waals surface area contributed by atoms with Crippen molar-refractivity contribution < 1.29 is 14.3 Å². The molecule has 7 heteroatoms. The van der Waals surface area contributed by atoms with Crippen molar-refractivity contribution >= 4 is 0 Å². The van der Waals surface area contributed by atoms with E-state index in [2.05, 4.69) is 19.9 Å². The highest BCUT2D eigenvalue weighted by Gasteiger charge is 2.32. The summed E-state index contributed by atoms with van der Waals surface area (Å²) in [5.74, 6) is 2.35. The fraction of sp³-hybridized carbons (Fsp3) is 0.381. The number of hydrogen-bond donors (Lipinski definition) is 1. The molecule has 0 bridgehead atoms. The molecule has 1 N–H and O–H groups in total. The van der Waals surface area contributed by atoms with Gasteiger partial charge in [0.1, 0.15) is 11.5 Å². The first-order valence-corrected chi connectivity index (χ1v) is 9.38. The summed E-state index contributed by atoms with van der Waals surface area (Å²) in [7, 11) is 1.64. The van der Waals surface area contributed by atoms with E-state index in [1.165, 1.54) is 0 Å². The molecule has 1 aromatic carbocycles. The highest BCUT2D eigenvalue weighted by Crippen LogP contribution is 2.27. The zero-order valence-electron chi connectivity index (χ0n) is 16.1. The van der Waals surface area contributed by atoms with Crippen LogP contribution in [0.3, 0.4) is 0 Å². The van der Waals surface area contributed by atoms with Gasteiger partial charge in [0.25, 0.3) is 0 Å². The normalized spacial score (nSPS) is 19.8. The van der Waals surface area contributed by atoms with Crippen LogP contribution >= 0.6 is 0 Å². The maximum atomic E-state index is 10.5. The van der Waals surface area contributed by atoms with E-state index >= 15 is 0 Å². The minimum atomic E-state index is -0.379. The summed E-state index contributed by atoms with van der Waals surface area (Å²) in [5, 5.41) is 10.5. The number of aromatic nitrogens is 3. The van der Waals surface area contributed by atoms with E-state index in [1.807, 2.05) is 31.2 Å². The van der Waals surface area contributed by atoms with Crippen molar-refractivity contribution in [2.24, 2.45) is 5.92 Å². The molecule has 0 saturated carbocycles. The number of rotatable bonds is 6. The maximum Gasteiger partial charge on any atom is 0.226 e. The van der Waals surface area contributed by atoms with Gasteiger partial charge >= 0.3 is 0 Å². The first-order valence-electron chi connectivity index (χ1n) is 9.38. The number of aliphatic hydroxyl groups excluding tert-OH is 1. The number of nitrogens with zero attached hydrogens (tertiary/aromatic N) is 4. The van der Waals surface area contributed by atoms with Crippen molar-refractivity contribution in [2.75, 3.05) is 20.2 Å². The Morgan fingerprint density at radius 1 is 1.21 bits per heavy atom. The minimum absolute atomic E-state index is 0.143. The number of aliphatic hydroxyl groups is 1. The third-order valence-corrected chi connectivity index (χ3v) is 5.17. The van der Waals surface area contributed by atoms with Crippen LogP contribution in [0.5, 0.6) is 5.75 Å². The SMILES string of the molecule is COc1ccc(-c2nc(CN3C[C@@H](Cc4cnccn4)[C@H](O)C3)c(C)o2)cc1. The van der Waals surface area contributed by atoms with E-state index in [0.29, 0.717) is 19.0 Å². The van der Waals surface area contributed by atoms with Crippen molar-refractivity contribution in [2.45, 2.75) is 26.0 Å². The highest BCUT2D eigenvalue weighted by atomic mass is 16.5. The maximum absolute atomic E-state index is 10.5. The van der Waals surface area contributed by atoms with Crippen LogP contribution in [0, 0.1) is 12.8 Å². The zero-order valence-corrected chi connectivity index (χ0v) is 16.1. The third-order valence-electron chi connectivity index (χ3n) is 5.17. The Morgan fingerprint density at radius 3 is 2.75 bits per heavy atom. The van der Waals surface area contributed by atoms with Gasteiger partial charge in [0.15, 0.2) is 0 Å². The molecule has 1 aliphatic heterocycles. The van der Waals surface area contributed by atoms with Gasteiger partial charge in [-0.3, -0.25) is 14.9 Å². The predicted molar refractivity (Wildman–Crippen MR) is 104 cm³/mol. The molecular weight excluding hydrogens is 356 g/mol. The monoisotopic (exact) mass is 380 g/mol. The number of ether oxygens (including phenoxy) is 1. The molecule has 7 nitrogen and oxygen atoms in total. The summed E-state index contributed by atoms with van der Waals surface area (Å²) in [4.78, 5) is 15.3. The molecule has 0 aliphatic carbocycles. The van der Waals surface area contributed by atoms with Crippen LogP contribution in [0.1, 0.15) is 17.1 Å². The van der Waals surface area contributed by atoms with Crippen molar-refractivity contribution in [3.05, 3.63) is 60.0 Å². The minimum Gasteiger partial charge on any atom is -0.497 e. The Bertz CT molecular complexity index is 911. The second-order valence-corrected chi connectivity index (χ2v) is 7.17. The molecule has 3 heterocycles. The average molecular weight is 380 g/mol. The summed E-state index contributed by atoms with van der Waals surface area (Å²) in [5.41, 5.74) is 2.73. The second-order valence-electron chi connectivity index (χ2n) is 7.17. The van der Waals surface area contributed by atoms with Gasteiger partial charge in [-0.1, -0.05) is 0 Å². The summed E-state index contributed by atoms with van der Waals surface area (Å²) >= 11 is 0. The molecule has 2 aromatic heterocycles. The number of β-amino-alcohol motifs (C(OH)–C–C–N with tert-alkyl or cyclic N) is 1. The summed E-state index contributed by atoms with van der Waals surface area (Å²) in [6, 6.07) is 7.65. The molecule has 0 amide bonds. The Labute approximate surface area is 164 Å². The Hall–Kier alpha value is -2.77. The van der Waals surface area contributed by atoms with Crippen molar-refractivity contribution in [3.8, 4) is 17.2 Å². The molecule has 0 spiro atoms. The fourth-order valence-electron chi connectivity index (χ4n) is 3.62. The van der Waals surface area contributed by atoms with Crippen LogP contribution in [0.25, 0.3) is 11.5 Å². The summed E-state index contributed by atoms with van der Waals surface area (Å²) < 4.78 is 11.1. The van der Waals surface area contributed by atoms with Gasteiger partial charge in [0.2, 0.25) is 5.89 Å². The summed E-state index contributed by atoms with van der Waals surface area (Å²) in [6.07, 6.45) is 5.46. The topological polar surface area (TPSA) is 84.5 Å². The van der Waals surface area contributed by atoms with E-state index in [1.54, 1.807) is 25.7 Å². The van der Waals surface area contributed by atoms with Crippen molar-refractivity contribution in [1.82, 2.24) is 19.9 Å². The van der Waals surface area contributed by atoms with E-state index in [4.69, 9.17) is 9.15 Å². The fourth-order valence-corrected chi connectivity index (χ4v) is 3.62. The first kappa shape index (κ1) is 18.6. The predicted octanol–water partition coefficient (Wildman–Crippen LogP) is 2.48. The lowest BCUT2D eigenvalue weighted by molar-refractivity contribution is 0.140. The second kappa shape index (κ2) is 8.08. The van der Waals surface area contributed by atoms with E-state index in [-0.39, 0.29) is 12.0 Å². The molecule has 2 atom stereocenters. The smallest absolute Gasteiger partial charge is 0.226 e. The van der Waals surface area contributed by atoms with Crippen molar-refractivity contribution in [1.29, 1.82) is 0 Å². The van der Waals surface area contributed by atoms with E-state index in [0.717, 1.165) is 41.4 Å². The summed E-state index contributed by atoms with van der Waals surface area (Å²) in [6.45, 7) is 4.00. The van der Waals surface area contributed by atoms with Gasteiger partial charge in [-0.2, -0.15) is 0 Å². The molecule has 1 saturated heterocycles. The van der Waals surface area contributed by atoms with E-state index in [9.17, 15) is 5.11 Å². The van der Waals surface area contributed by atoms with Crippen LogP contribution in [-0.2, 0) is 13.0 Å². The largest absolute Gasteiger partial charge is 0.497 e. The van der Waals surface area contributed by atoms with Crippen LogP contribution in [0.15, 0.2) is 47.3 Å². The van der Waals surface area contributed by atoms with Crippen LogP contribution in [0.2, 0.25) is 0 Å². The molecule has 1 fully saturated rings. The average Bonchev–Trinajstić information content (AvgIpc) is 3.25. The Balaban J connectivity index is 1.42. The number of oxazole rings is 1.